The van der Waals surface area contributed by atoms with Crippen LogP contribution in [0.5, 0.6) is 5.75 Å². The molecule has 1 rings (SSSR count). The van der Waals surface area contributed by atoms with Gasteiger partial charge in [0.05, 0.1) is 23.3 Å². The van der Waals surface area contributed by atoms with E-state index in [9.17, 15) is 13.2 Å². The molecule has 13 heavy (non-hydrogen) atoms. The maximum atomic E-state index is 12.7. The third-order valence-electron chi connectivity index (χ3n) is 1.42. The number of ether oxygens (including phenoxy) is 1. The number of halogens is 4. The van der Waals surface area contributed by atoms with Gasteiger partial charge in [-0.05, 0) is 15.9 Å². The summed E-state index contributed by atoms with van der Waals surface area (Å²) in [5, 5.41) is 0. The zero-order valence-corrected chi connectivity index (χ0v) is 8.11. The van der Waals surface area contributed by atoms with E-state index in [2.05, 4.69) is 25.7 Å². The van der Waals surface area contributed by atoms with Crippen molar-refractivity contribution in [2.45, 2.75) is 6.43 Å². The number of hydrogen-bond acceptors (Lipinski definition) is 2. The number of alkyl halides is 2. The number of rotatable bonds is 2. The van der Waals surface area contributed by atoms with Crippen LogP contribution in [0.2, 0.25) is 0 Å². The third-order valence-corrected chi connectivity index (χ3v) is 2.17. The second-order valence-electron chi connectivity index (χ2n) is 2.15. The Bertz CT molecular complexity index is 319. The fourth-order valence-electron chi connectivity index (χ4n) is 0.827. The van der Waals surface area contributed by atoms with E-state index in [0.29, 0.717) is 0 Å². The van der Waals surface area contributed by atoms with E-state index in [1.807, 2.05) is 0 Å². The average Bonchev–Trinajstić information content (AvgIpc) is 2.08. The summed E-state index contributed by atoms with van der Waals surface area (Å²) in [5.74, 6) is -1.11. The molecule has 6 heteroatoms. The molecule has 1 heterocycles. The SMILES string of the molecule is COc1cnc(F)c(Br)c1C(F)F. The number of aromatic nitrogens is 1. The zero-order chi connectivity index (χ0) is 10.0. The highest BCUT2D eigenvalue weighted by Gasteiger charge is 2.21. The number of methoxy groups -OCH3 is 1. The van der Waals surface area contributed by atoms with Crippen molar-refractivity contribution in [2.75, 3.05) is 7.11 Å². The Morgan fingerprint density at radius 3 is 2.62 bits per heavy atom. The van der Waals surface area contributed by atoms with Gasteiger partial charge in [-0.15, -0.1) is 0 Å². The van der Waals surface area contributed by atoms with E-state index in [1.54, 1.807) is 0 Å². The Morgan fingerprint density at radius 1 is 1.54 bits per heavy atom. The third kappa shape index (κ3) is 1.93. The predicted molar refractivity (Wildman–Crippen MR) is 43.4 cm³/mol. The lowest BCUT2D eigenvalue weighted by Gasteiger charge is -2.08. The number of nitrogens with zero attached hydrogens (tertiary/aromatic N) is 1. The van der Waals surface area contributed by atoms with Crippen LogP contribution in [-0.4, -0.2) is 12.1 Å². The molecule has 0 N–H and O–H groups in total. The van der Waals surface area contributed by atoms with E-state index in [4.69, 9.17) is 0 Å². The summed E-state index contributed by atoms with van der Waals surface area (Å²) in [7, 11) is 1.22. The monoisotopic (exact) mass is 255 g/mol. The van der Waals surface area contributed by atoms with E-state index in [-0.39, 0.29) is 10.2 Å². The molecule has 0 saturated carbocycles. The van der Waals surface area contributed by atoms with Crippen molar-refractivity contribution in [2.24, 2.45) is 0 Å². The minimum absolute atomic E-state index is 0.136. The van der Waals surface area contributed by atoms with Gasteiger partial charge in [-0.2, -0.15) is 4.39 Å². The van der Waals surface area contributed by atoms with Gasteiger partial charge in [-0.3, -0.25) is 0 Å². The molecule has 0 aliphatic heterocycles. The van der Waals surface area contributed by atoms with Crippen molar-refractivity contribution in [1.29, 1.82) is 0 Å². The Hall–Kier alpha value is -0.780. The van der Waals surface area contributed by atoms with Crippen LogP contribution in [0.15, 0.2) is 10.7 Å². The van der Waals surface area contributed by atoms with Crippen LogP contribution >= 0.6 is 15.9 Å². The van der Waals surface area contributed by atoms with Gasteiger partial charge in [0.2, 0.25) is 5.95 Å². The van der Waals surface area contributed by atoms with Crippen molar-refractivity contribution in [3.05, 3.63) is 22.2 Å². The second kappa shape index (κ2) is 3.95. The number of pyridine rings is 1. The Balaban J connectivity index is 3.32. The van der Waals surface area contributed by atoms with E-state index >= 15 is 0 Å². The second-order valence-corrected chi connectivity index (χ2v) is 2.94. The maximum absolute atomic E-state index is 12.7. The summed E-state index contributed by atoms with van der Waals surface area (Å²) in [6.07, 6.45) is -1.89. The van der Waals surface area contributed by atoms with Gasteiger partial charge < -0.3 is 4.74 Å². The van der Waals surface area contributed by atoms with Crippen LogP contribution in [0.4, 0.5) is 13.2 Å². The maximum Gasteiger partial charge on any atom is 0.268 e. The Kier molecular flexibility index (Phi) is 3.13. The van der Waals surface area contributed by atoms with Gasteiger partial charge in [0.25, 0.3) is 6.43 Å². The first-order valence-electron chi connectivity index (χ1n) is 3.24. The van der Waals surface area contributed by atoms with Crippen molar-refractivity contribution in [3.63, 3.8) is 0 Å². The smallest absolute Gasteiger partial charge is 0.268 e. The van der Waals surface area contributed by atoms with Crippen molar-refractivity contribution >= 4 is 15.9 Å². The molecule has 0 unspecified atom stereocenters. The van der Waals surface area contributed by atoms with Crippen LogP contribution in [0.25, 0.3) is 0 Å². The van der Waals surface area contributed by atoms with Gasteiger partial charge in [-0.25, -0.2) is 13.8 Å². The fourth-order valence-corrected chi connectivity index (χ4v) is 1.30. The molecule has 0 saturated heterocycles. The standard InChI is InChI=1S/C7H5BrF3NO/c1-13-3-2-12-7(11)5(8)4(3)6(9)10/h2,6H,1H3. The minimum Gasteiger partial charge on any atom is -0.495 e. The Labute approximate surface area is 80.9 Å². The fraction of sp³-hybridized carbons (Fsp3) is 0.286. The minimum atomic E-state index is -2.80. The first-order chi connectivity index (χ1) is 6.07. The summed E-state index contributed by atoms with van der Waals surface area (Å²) < 4.78 is 41.7. The predicted octanol–water partition coefficient (Wildman–Crippen LogP) is 2.93. The summed E-state index contributed by atoms with van der Waals surface area (Å²) >= 11 is 2.67. The molecule has 0 fully saturated rings. The molecule has 2 nitrogen and oxygen atoms in total. The molecular formula is C7H5BrF3NO. The quantitative estimate of drug-likeness (QED) is 0.759. The largest absolute Gasteiger partial charge is 0.495 e. The summed E-state index contributed by atoms with van der Waals surface area (Å²) in [6, 6.07) is 0. The highest BCUT2D eigenvalue weighted by atomic mass is 79.9. The van der Waals surface area contributed by atoms with Crippen LogP contribution in [0, 0.1) is 5.95 Å². The molecule has 0 aliphatic carbocycles. The molecule has 1 aromatic heterocycles. The first-order valence-corrected chi connectivity index (χ1v) is 4.03. The highest BCUT2D eigenvalue weighted by molar-refractivity contribution is 9.10. The lowest BCUT2D eigenvalue weighted by molar-refractivity contribution is 0.145. The molecule has 0 spiro atoms. The molecule has 0 aliphatic rings. The first kappa shape index (κ1) is 10.3. The molecule has 0 atom stereocenters. The summed E-state index contributed by atoms with van der Waals surface area (Å²) in [6.45, 7) is 0. The lowest BCUT2D eigenvalue weighted by Crippen LogP contribution is -1.98. The molecule has 0 radical (unpaired) electrons. The van der Waals surface area contributed by atoms with Crippen LogP contribution in [0.3, 0.4) is 0 Å². The molecule has 1 aromatic rings. The van der Waals surface area contributed by atoms with Gasteiger partial charge in [-0.1, -0.05) is 0 Å². The van der Waals surface area contributed by atoms with E-state index < -0.39 is 17.9 Å². The van der Waals surface area contributed by atoms with E-state index in [1.165, 1.54) is 7.11 Å². The van der Waals surface area contributed by atoms with Crippen molar-refractivity contribution < 1.29 is 17.9 Å². The summed E-state index contributed by atoms with van der Waals surface area (Å²) in [5.41, 5.74) is -0.519. The average molecular weight is 256 g/mol. The summed E-state index contributed by atoms with van der Waals surface area (Å²) in [4.78, 5) is 3.22. The normalized spacial score (nSPS) is 10.6. The van der Waals surface area contributed by atoms with Crippen LogP contribution < -0.4 is 4.74 Å². The van der Waals surface area contributed by atoms with Gasteiger partial charge >= 0.3 is 0 Å². The molecule has 0 bridgehead atoms. The molecule has 0 amide bonds. The van der Waals surface area contributed by atoms with Crippen molar-refractivity contribution in [1.82, 2.24) is 4.98 Å². The van der Waals surface area contributed by atoms with E-state index in [0.717, 1.165) is 6.20 Å². The van der Waals surface area contributed by atoms with Crippen LogP contribution in [0.1, 0.15) is 12.0 Å². The molecule has 0 aromatic carbocycles. The molecule has 72 valence electrons. The van der Waals surface area contributed by atoms with Gasteiger partial charge in [0.1, 0.15) is 5.75 Å². The van der Waals surface area contributed by atoms with Crippen LogP contribution in [-0.2, 0) is 0 Å². The van der Waals surface area contributed by atoms with Crippen molar-refractivity contribution in [3.8, 4) is 5.75 Å². The van der Waals surface area contributed by atoms with Gasteiger partial charge in [0, 0.05) is 0 Å². The highest BCUT2D eigenvalue weighted by Crippen LogP contribution is 2.35. The van der Waals surface area contributed by atoms with Gasteiger partial charge in [0.15, 0.2) is 0 Å². The topological polar surface area (TPSA) is 22.1 Å². The number of hydrogen-bond donors (Lipinski definition) is 0. The lowest BCUT2D eigenvalue weighted by atomic mass is 10.2. The Morgan fingerprint density at radius 2 is 2.15 bits per heavy atom. The zero-order valence-electron chi connectivity index (χ0n) is 6.52. The molecular weight excluding hydrogens is 251 g/mol.